The van der Waals surface area contributed by atoms with E-state index >= 15 is 0 Å². The van der Waals surface area contributed by atoms with Gasteiger partial charge in [0.25, 0.3) is 5.91 Å². The minimum absolute atomic E-state index is 0.0340. The van der Waals surface area contributed by atoms with Crippen LogP contribution in [0.5, 0.6) is 0 Å². The molecule has 0 spiro atoms. The van der Waals surface area contributed by atoms with Gasteiger partial charge in [0.2, 0.25) is 5.43 Å². The highest BCUT2D eigenvalue weighted by Crippen LogP contribution is 2.12. The highest BCUT2D eigenvalue weighted by Gasteiger charge is 2.26. The van der Waals surface area contributed by atoms with E-state index in [0.29, 0.717) is 18.8 Å². The third-order valence-electron chi connectivity index (χ3n) is 5.77. The van der Waals surface area contributed by atoms with E-state index in [1.165, 1.54) is 6.07 Å². The first kappa shape index (κ1) is 20.1. The van der Waals surface area contributed by atoms with E-state index in [1.54, 1.807) is 9.58 Å². The van der Waals surface area contributed by atoms with Crippen molar-refractivity contribution in [1.29, 1.82) is 0 Å². The first-order valence-corrected chi connectivity index (χ1v) is 10.7. The number of aryl methyl sites for hydroxylation is 1. The quantitative estimate of drug-likeness (QED) is 0.498. The van der Waals surface area contributed by atoms with Gasteiger partial charge in [0.15, 0.2) is 5.69 Å². The van der Waals surface area contributed by atoms with E-state index in [1.807, 2.05) is 72.2 Å². The lowest BCUT2D eigenvalue weighted by atomic mass is 10.2. The molecule has 1 aliphatic heterocycles. The van der Waals surface area contributed by atoms with E-state index in [0.717, 1.165) is 36.7 Å². The third-order valence-corrected chi connectivity index (χ3v) is 5.77. The smallest absolute Gasteiger partial charge is 0.278 e. The molecule has 1 saturated heterocycles. The molecule has 32 heavy (non-hydrogen) atoms. The fourth-order valence-corrected chi connectivity index (χ4v) is 4.08. The summed E-state index contributed by atoms with van der Waals surface area (Å²) in [5.74, 6) is -0.313. The Balaban J connectivity index is 1.28. The Morgan fingerprint density at radius 2 is 1.75 bits per heavy atom. The van der Waals surface area contributed by atoms with Crippen LogP contribution >= 0.6 is 0 Å². The maximum atomic E-state index is 13.1. The van der Waals surface area contributed by atoms with Gasteiger partial charge in [0.1, 0.15) is 5.65 Å². The highest BCUT2D eigenvalue weighted by atomic mass is 16.2. The van der Waals surface area contributed by atoms with Crippen molar-refractivity contribution in [3.05, 3.63) is 94.3 Å². The maximum absolute atomic E-state index is 13.1. The van der Waals surface area contributed by atoms with Crippen molar-refractivity contribution in [2.45, 2.75) is 13.5 Å². The standard InChI is InChI=1S/C24H24N6O2/c1-18-15-21(31)23(26-30(18)20-7-3-2-4-8-20)24(32)28-13-11-27(12-14-28)16-19-17-29-10-6-5-9-22(29)25-19/h2-10,15,17H,11-14,16H2,1H3. The van der Waals surface area contributed by atoms with E-state index in [9.17, 15) is 9.59 Å². The molecule has 3 aromatic heterocycles. The number of pyridine rings is 1. The molecule has 0 bridgehead atoms. The summed E-state index contributed by atoms with van der Waals surface area (Å²) < 4.78 is 3.66. The second-order valence-electron chi connectivity index (χ2n) is 8.01. The lowest BCUT2D eigenvalue weighted by Gasteiger charge is -2.34. The van der Waals surface area contributed by atoms with Crippen molar-refractivity contribution in [1.82, 2.24) is 29.0 Å². The molecular weight excluding hydrogens is 404 g/mol. The van der Waals surface area contributed by atoms with Crippen LogP contribution in [0.15, 0.2) is 71.8 Å². The molecule has 1 aliphatic rings. The van der Waals surface area contributed by atoms with Gasteiger partial charge in [-0.3, -0.25) is 14.5 Å². The van der Waals surface area contributed by atoms with Crippen LogP contribution in [0.3, 0.4) is 0 Å². The summed E-state index contributed by atoms with van der Waals surface area (Å²) >= 11 is 0. The number of piperazine rings is 1. The Bertz CT molecular complexity index is 1290. The Kier molecular flexibility index (Phi) is 5.28. The van der Waals surface area contributed by atoms with Crippen molar-refractivity contribution >= 4 is 11.6 Å². The SMILES string of the molecule is Cc1cc(=O)c(C(=O)N2CCN(Cc3cn4ccccc4n3)CC2)nn1-c1ccccc1. The number of hydrogen-bond acceptors (Lipinski definition) is 5. The summed E-state index contributed by atoms with van der Waals surface area (Å²) in [5.41, 5.74) is 3.06. The number of amides is 1. The fourth-order valence-electron chi connectivity index (χ4n) is 4.08. The number of nitrogens with zero attached hydrogens (tertiary/aromatic N) is 6. The van der Waals surface area contributed by atoms with Crippen LogP contribution in [-0.4, -0.2) is 61.1 Å². The van der Waals surface area contributed by atoms with E-state index in [-0.39, 0.29) is 17.0 Å². The van der Waals surface area contributed by atoms with Crippen LogP contribution in [0.4, 0.5) is 0 Å². The van der Waals surface area contributed by atoms with Crippen LogP contribution in [-0.2, 0) is 6.54 Å². The molecule has 4 heterocycles. The topological polar surface area (TPSA) is 75.7 Å². The average molecular weight is 428 g/mol. The molecule has 1 aromatic carbocycles. The lowest BCUT2D eigenvalue weighted by molar-refractivity contribution is 0.0618. The Labute approximate surface area is 185 Å². The van der Waals surface area contributed by atoms with Crippen molar-refractivity contribution in [3.8, 4) is 5.69 Å². The second-order valence-corrected chi connectivity index (χ2v) is 8.01. The molecular formula is C24H24N6O2. The van der Waals surface area contributed by atoms with Gasteiger partial charge in [-0.2, -0.15) is 5.10 Å². The van der Waals surface area contributed by atoms with E-state index < -0.39 is 0 Å². The maximum Gasteiger partial charge on any atom is 0.278 e. The summed E-state index contributed by atoms with van der Waals surface area (Å²) in [6.45, 7) is 5.08. The van der Waals surface area contributed by atoms with Gasteiger partial charge in [0, 0.05) is 56.9 Å². The van der Waals surface area contributed by atoms with Crippen molar-refractivity contribution < 1.29 is 4.79 Å². The monoisotopic (exact) mass is 428 g/mol. The van der Waals surface area contributed by atoms with E-state index in [2.05, 4.69) is 15.0 Å². The number of para-hydroxylation sites is 1. The molecule has 0 radical (unpaired) electrons. The number of fused-ring (bicyclic) bond motifs is 1. The second kappa shape index (κ2) is 8.39. The van der Waals surface area contributed by atoms with Gasteiger partial charge in [0.05, 0.1) is 11.4 Å². The summed E-state index contributed by atoms with van der Waals surface area (Å²) in [5, 5.41) is 4.41. The molecule has 4 aromatic rings. The molecule has 0 N–H and O–H groups in total. The van der Waals surface area contributed by atoms with Crippen LogP contribution in [0.1, 0.15) is 21.9 Å². The predicted octanol–water partition coefficient (Wildman–Crippen LogP) is 2.15. The Hall–Kier alpha value is -3.78. The summed E-state index contributed by atoms with van der Waals surface area (Å²) in [7, 11) is 0. The van der Waals surface area contributed by atoms with E-state index in [4.69, 9.17) is 0 Å². The highest BCUT2D eigenvalue weighted by molar-refractivity contribution is 5.92. The zero-order chi connectivity index (χ0) is 22.1. The van der Waals surface area contributed by atoms with Crippen molar-refractivity contribution in [2.75, 3.05) is 26.2 Å². The first-order valence-electron chi connectivity index (χ1n) is 10.7. The summed E-state index contributed by atoms with van der Waals surface area (Å²) in [4.78, 5) is 34.3. The number of carbonyl (C=O) groups is 1. The Morgan fingerprint density at radius 3 is 2.50 bits per heavy atom. The minimum atomic E-state index is -0.341. The fraction of sp³-hybridized carbons (Fsp3) is 0.250. The van der Waals surface area contributed by atoms with Gasteiger partial charge in [-0.25, -0.2) is 9.67 Å². The number of benzene rings is 1. The zero-order valence-corrected chi connectivity index (χ0v) is 17.9. The largest absolute Gasteiger partial charge is 0.335 e. The third kappa shape index (κ3) is 3.92. The zero-order valence-electron chi connectivity index (χ0n) is 17.9. The minimum Gasteiger partial charge on any atom is -0.335 e. The van der Waals surface area contributed by atoms with Gasteiger partial charge in [-0.15, -0.1) is 0 Å². The van der Waals surface area contributed by atoms with Crippen LogP contribution in [0.2, 0.25) is 0 Å². The molecule has 162 valence electrons. The molecule has 0 aliphatic carbocycles. The van der Waals surface area contributed by atoms with Crippen molar-refractivity contribution in [3.63, 3.8) is 0 Å². The molecule has 5 rings (SSSR count). The molecule has 0 saturated carbocycles. The molecule has 0 unspecified atom stereocenters. The number of hydrogen-bond donors (Lipinski definition) is 0. The van der Waals surface area contributed by atoms with Crippen molar-refractivity contribution in [2.24, 2.45) is 0 Å². The number of rotatable bonds is 4. The molecule has 1 fully saturated rings. The predicted molar refractivity (Wildman–Crippen MR) is 121 cm³/mol. The molecule has 1 amide bonds. The normalized spacial score (nSPS) is 14.7. The Morgan fingerprint density at radius 1 is 1.00 bits per heavy atom. The number of aromatic nitrogens is 4. The van der Waals surface area contributed by atoms with Gasteiger partial charge in [-0.1, -0.05) is 24.3 Å². The number of carbonyl (C=O) groups excluding carboxylic acids is 1. The molecule has 8 heteroatoms. The summed E-state index contributed by atoms with van der Waals surface area (Å²) in [6.07, 6.45) is 4.02. The lowest BCUT2D eigenvalue weighted by Crippen LogP contribution is -2.49. The van der Waals surface area contributed by atoms with Crippen LogP contribution in [0, 0.1) is 6.92 Å². The van der Waals surface area contributed by atoms with Crippen LogP contribution < -0.4 is 5.43 Å². The van der Waals surface area contributed by atoms with Gasteiger partial charge >= 0.3 is 0 Å². The summed E-state index contributed by atoms with van der Waals surface area (Å²) in [6, 6.07) is 16.9. The number of imidazole rings is 1. The average Bonchev–Trinajstić information content (AvgIpc) is 3.22. The van der Waals surface area contributed by atoms with Crippen LogP contribution in [0.25, 0.3) is 11.3 Å². The van der Waals surface area contributed by atoms with Gasteiger partial charge < -0.3 is 9.30 Å². The first-order chi connectivity index (χ1) is 15.6. The van der Waals surface area contributed by atoms with Gasteiger partial charge in [-0.05, 0) is 31.2 Å². The molecule has 0 atom stereocenters. The molecule has 8 nitrogen and oxygen atoms in total.